The maximum Gasteiger partial charge on any atom is 2.00 e. The van der Waals surface area contributed by atoms with Crippen molar-refractivity contribution >= 4 is 22.2 Å². The van der Waals surface area contributed by atoms with Gasteiger partial charge in [0.25, 0.3) is 0 Å². The van der Waals surface area contributed by atoms with Crippen LogP contribution in [0.1, 0.15) is 0 Å². The average Bonchev–Trinajstić information content (AvgIpc) is 1.68. The standard InChI is InChI=1S/C5H3BrO.U/c1-2-5(6)3-4-7;/h3H,1H2;/q-2;+2. The Morgan fingerprint density at radius 2 is 2.25 bits per heavy atom. The summed E-state index contributed by atoms with van der Waals surface area (Å²) in [6, 6.07) is 0. The van der Waals surface area contributed by atoms with Crippen molar-refractivity contribution in [3.63, 3.8) is 0 Å². The van der Waals surface area contributed by atoms with E-state index in [4.69, 9.17) is 0 Å². The Hall–Kier alpha value is 0.682. The summed E-state index contributed by atoms with van der Waals surface area (Å²) in [5.41, 5.74) is 0. The molecule has 0 unspecified atom stereocenters. The molecule has 0 aliphatic rings. The second-order valence-corrected chi connectivity index (χ2v) is 1.64. The Morgan fingerprint density at radius 1 is 1.75 bits per heavy atom. The number of hydrogen-bond donors (Lipinski definition) is 0. The smallest absolute Gasteiger partial charge is 0.440 e. The minimum absolute atomic E-state index is 0. The van der Waals surface area contributed by atoms with Gasteiger partial charge in [0.05, 0.1) is 0 Å². The summed E-state index contributed by atoms with van der Waals surface area (Å²) in [6.45, 7) is 3.26. The first-order chi connectivity index (χ1) is 3.31. The molecule has 0 fully saturated rings. The normalized spacial score (nSPS) is 9.38. The Bertz CT molecular complexity index is 109. The molecule has 0 atom stereocenters. The van der Waals surface area contributed by atoms with Gasteiger partial charge in [-0.1, -0.05) is 0 Å². The zero-order valence-corrected chi connectivity index (χ0v) is 9.82. The Balaban J connectivity index is 0. The molecule has 0 aromatic carbocycles. The third-order valence-corrected chi connectivity index (χ3v) is 0.864. The van der Waals surface area contributed by atoms with Gasteiger partial charge in [0.1, 0.15) is 0 Å². The SMILES string of the molecule is C=[C-]C(Br)=C[C-]=O.[U+2]. The van der Waals surface area contributed by atoms with Crippen molar-refractivity contribution in [1.82, 2.24) is 0 Å². The van der Waals surface area contributed by atoms with E-state index in [0.29, 0.717) is 4.48 Å². The fraction of sp³-hybridized carbons (Fsp3) is 0. The molecule has 40 valence electrons. The molecule has 0 aliphatic carbocycles. The summed E-state index contributed by atoms with van der Waals surface area (Å²) in [5, 5.41) is 0. The Labute approximate surface area is 80.7 Å². The third-order valence-electron chi connectivity index (χ3n) is 0.355. The molecule has 1 nitrogen and oxygen atoms in total. The van der Waals surface area contributed by atoms with Crippen LogP contribution in [0.25, 0.3) is 0 Å². The predicted molar refractivity (Wildman–Crippen MR) is 31.6 cm³/mol. The van der Waals surface area contributed by atoms with Crippen molar-refractivity contribution in [2.24, 2.45) is 0 Å². The van der Waals surface area contributed by atoms with Crippen molar-refractivity contribution in [3.05, 3.63) is 23.2 Å². The van der Waals surface area contributed by atoms with Crippen LogP contribution in [0.2, 0.25) is 0 Å². The van der Waals surface area contributed by atoms with Crippen LogP contribution in [0.5, 0.6) is 0 Å². The molecule has 0 rings (SSSR count). The number of rotatable bonds is 2. The summed E-state index contributed by atoms with van der Waals surface area (Å²) < 4.78 is 0.530. The zero-order chi connectivity index (χ0) is 5.70. The van der Waals surface area contributed by atoms with E-state index in [-0.39, 0.29) is 31.1 Å². The fourth-order valence-corrected chi connectivity index (χ4v) is 0.196. The molecule has 0 bridgehead atoms. The van der Waals surface area contributed by atoms with Gasteiger partial charge in [0.15, 0.2) is 0 Å². The van der Waals surface area contributed by atoms with Gasteiger partial charge in [-0.05, 0) is 0 Å². The minimum Gasteiger partial charge on any atom is -0.440 e. The van der Waals surface area contributed by atoms with Crippen LogP contribution in [0.15, 0.2) is 17.1 Å². The number of halogens is 1. The molecular weight excluding hydrogens is 394 g/mol. The monoisotopic (exact) mass is 396 g/mol. The zero-order valence-electron chi connectivity index (χ0n) is 4.07. The molecule has 0 aromatic rings. The van der Waals surface area contributed by atoms with E-state index >= 15 is 0 Å². The van der Waals surface area contributed by atoms with Crippen molar-refractivity contribution < 1.29 is 35.9 Å². The van der Waals surface area contributed by atoms with Crippen LogP contribution in [0.4, 0.5) is 0 Å². The number of allylic oxidation sites excluding steroid dienone is 3. The molecule has 0 aromatic heterocycles. The van der Waals surface area contributed by atoms with Gasteiger partial charge < -0.3 is 21.4 Å². The van der Waals surface area contributed by atoms with Crippen molar-refractivity contribution in [3.8, 4) is 0 Å². The van der Waals surface area contributed by atoms with E-state index in [2.05, 4.69) is 28.6 Å². The van der Waals surface area contributed by atoms with Crippen LogP contribution in [0.3, 0.4) is 0 Å². The Kier molecular flexibility index (Phi) is 11.0. The minimum atomic E-state index is 0. The first kappa shape index (κ1) is 11.5. The average molecular weight is 397 g/mol. The maximum atomic E-state index is 9.48. The van der Waals surface area contributed by atoms with E-state index < -0.39 is 0 Å². The van der Waals surface area contributed by atoms with E-state index in [1.54, 1.807) is 6.29 Å². The fourth-order valence-electron chi connectivity index (χ4n) is 0.103. The summed E-state index contributed by atoms with van der Waals surface area (Å²) in [5.74, 6) is 0. The number of hydrogen-bond acceptors (Lipinski definition) is 1. The van der Waals surface area contributed by atoms with Gasteiger partial charge in [-0.2, -0.15) is 0 Å². The van der Waals surface area contributed by atoms with Crippen LogP contribution < -0.4 is 0 Å². The van der Waals surface area contributed by atoms with Crippen LogP contribution in [0, 0.1) is 37.2 Å². The molecule has 3 heteroatoms. The molecular formula is C5H3BrOU. The van der Waals surface area contributed by atoms with Gasteiger partial charge >= 0.3 is 31.1 Å². The molecule has 0 spiro atoms. The summed E-state index contributed by atoms with van der Waals surface area (Å²) in [6.07, 6.45) is 5.19. The second kappa shape index (κ2) is 7.68. The van der Waals surface area contributed by atoms with E-state index in [1.165, 1.54) is 6.08 Å². The third kappa shape index (κ3) is 6.68. The summed E-state index contributed by atoms with van der Waals surface area (Å²) >= 11 is 2.96. The predicted octanol–water partition coefficient (Wildman–Crippen LogP) is 1.36. The topological polar surface area (TPSA) is 17.1 Å². The van der Waals surface area contributed by atoms with E-state index in [0.717, 1.165) is 0 Å². The molecule has 0 aliphatic heterocycles. The van der Waals surface area contributed by atoms with Crippen LogP contribution in [-0.2, 0) is 4.79 Å². The largest absolute Gasteiger partial charge is 2.00 e. The van der Waals surface area contributed by atoms with Gasteiger partial charge in [0.2, 0.25) is 0 Å². The van der Waals surface area contributed by atoms with Crippen molar-refractivity contribution in [1.29, 1.82) is 0 Å². The van der Waals surface area contributed by atoms with Gasteiger partial charge in [0, 0.05) is 0 Å². The molecule has 0 amide bonds. The molecule has 0 radical (unpaired) electrons. The van der Waals surface area contributed by atoms with E-state index in [1.807, 2.05) is 0 Å². The van der Waals surface area contributed by atoms with Crippen LogP contribution >= 0.6 is 15.9 Å². The molecule has 0 heterocycles. The quantitative estimate of drug-likeness (QED) is 0.391. The van der Waals surface area contributed by atoms with Crippen molar-refractivity contribution in [2.45, 2.75) is 0 Å². The molecule has 0 N–H and O–H groups in total. The molecule has 8 heavy (non-hydrogen) atoms. The van der Waals surface area contributed by atoms with Crippen LogP contribution in [-0.4, -0.2) is 6.29 Å². The van der Waals surface area contributed by atoms with Gasteiger partial charge in [-0.3, -0.25) is 0 Å². The first-order valence-corrected chi connectivity index (χ1v) is 2.37. The first-order valence-electron chi connectivity index (χ1n) is 1.57. The number of carbonyl (C=O) groups excluding carboxylic acids is 1. The van der Waals surface area contributed by atoms with Gasteiger partial charge in [-0.15, -0.1) is 6.29 Å². The summed E-state index contributed by atoms with van der Waals surface area (Å²) in [4.78, 5) is 9.48. The van der Waals surface area contributed by atoms with E-state index in [9.17, 15) is 4.79 Å². The van der Waals surface area contributed by atoms with Gasteiger partial charge in [-0.25, -0.2) is 22.5 Å². The summed E-state index contributed by atoms with van der Waals surface area (Å²) in [7, 11) is 0. The molecule has 0 saturated heterocycles. The maximum absolute atomic E-state index is 9.48. The Morgan fingerprint density at radius 3 is 2.38 bits per heavy atom. The van der Waals surface area contributed by atoms with Crippen molar-refractivity contribution in [2.75, 3.05) is 0 Å². The molecule has 0 saturated carbocycles. The second-order valence-electron chi connectivity index (χ2n) is 0.787.